The Bertz CT molecular complexity index is 1080. The minimum atomic E-state index is -0.584. The number of benzene rings is 2. The second-order valence-electron chi connectivity index (χ2n) is 9.45. The van der Waals surface area contributed by atoms with Crippen LogP contribution in [0.4, 0.5) is 0 Å². The smallest absolute Gasteiger partial charge is 0.166 e. The van der Waals surface area contributed by atoms with Crippen LogP contribution in [0.2, 0.25) is 0 Å². The van der Waals surface area contributed by atoms with Gasteiger partial charge in [-0.15, -0.1) is 0 Å². The number of allylic oxidation sites excluding steroid dienone is 1. The number of Topliss-reactive ketones (excluding diaryl/α,β-unsaturated/α-hetero) is 2. The van der Waals surface area contributed by atoms with Gasteiger partial charge in [-0.1, -0.05) is 6.92 Å². The number of aryl methyl sites for hydroxylation is 1. The Labute approximate surface area is 202 Å². The maximum Gasteiger partial charge on any atom is 0.166 e. The predicted molar refractivity (Wildman–Crippen MR) is 132 cm³/mol. The van der Waals surface area contributed by atoms with Crippen LogP contribution in [-0.2, 0) is 16.0 Å². The van der Waals surface area contributed by atoms with Crippen molar-refractivity contribution in [3.63, 3.8) is 0 Å². The number of carbonyl (C=O) groups is 2. The first-order valence-electron chi connectivity index (χ1n) is 12.1. The highest BCUT2D eigenvalue weighted by molar-refractivity contribution is 6.01. The van der Waals surface area contributed by atoms with Gasteiger partial charge in [-0.05, 0) is 92.6 Å². The maximum atomic E-state index is 13.5. The lowest BCUT2D eigenvalue weighted by atomic mass is 9.65. The fourth-order valence-electron chi connectivity index (χ4n) is 5.65. The summed E-state index contributed by atoms with van der Waals surface area (Å²) < 4.78 is 16.5. The van der Waals surface area contributed by atoms with Gasteiger partial charge in [-0.25, -0.2) is 0 Å². The number of ketones is 2. The zero-order valence-corrected chi connectivity index (χ0v) is 20.6. The number of methoxy groups -OCH3 is 2. The number of rotatable bonds is 8. The lowest BCUT2D eigenvalue weighted by Crippen LogP contribution is -2.38. The quantitative estimate of drug-likeness (QED) is 0.457. The number of hydrogen-bond acceptors (Lipinski definition) is 5. The summed E-state index contributed by atoms with van der Waals surface area (Å²) in [5.74, 6) is 2.62. The third-order valence-electron chi connectivity index (χ3n) is 7.65. The lowest BCUT2D eigenvalue weighted by molar-refractivity contribution is -0.126. The SMILES string of the molecule is CCO/C(=C\C[C@]1(C)C(=O)CC[C@H]1C1CCc2cc(OC)ccc2C1=O)c1ccc(OC)cc1. The molecule has 2 aliphatic carbocycles. The topological polar surface area (TPSA) is 61.8 Å². The van der Waals surface area contributed by atoms with Crippen LogP contribution in [0.3, 0.4) is 0 Å². The van der Waals surface area contributed by atoms with E-state index < -0.39 is 5.41 Å². The highest BCUT2D eigenvalue weighted by Gasteiger charge is 2.51. The molecular formula is C29H34O5. The second-order valence-corrected chi connectivity index (χ2v) is 9.45. The van der Waals surface area contributed by atoms with E-state index in [2.05, 4.69) is 0 Å². The molecule has 3 atom stereocenters. The molecule has 0 saturated heterocycles. The minimum absolute atomic E-state index is 0.0257. The second kappa shape index (κ2) is 10.0. The zero-order chi connectivity index (χ0) is 24.3. The normalized spacial score (nSPS) is 24.6. The van der Waals surface area contributed by atoms with E-state index in [0.717, 1.165) is 53.2 Å². The standard InChI is InChI=1S/C29H34O5/c1-5-34-26(19-6-9-21(32-3)10-7-19)16-17-29(2)25(14-15-27(29)30)24-12-8-20-18-22(33-4)11-13-23(20)28(24)31/h6-7,9-11,13,16,18,24-25H,5,8,12,14-15,17H2,1-4H3/b26-16-/t24?,25-,29-/m0/s1. The molecule has 2 aliphatic rings. The van der Waals surface area contributed by atoms with Gasteiger partial charge in [0.05, 0.1) is 20.8 Å². The molecule has 4 rings (SSSR count). The zero-order valence-electron chi connectivity index (χ0n) is 20.6. The summed E-state index contributed by atoms with van der Waals surface area (Å²) in [6, 6.07) is 13.4. The molecule has 1 saturated carbocycles. The van der Waals surface area contributed by atoms with E-state index >= 15 is 0 Å². The molecule has 2 aromatic carbocycles. The van der Waals surface area contributed by atoms with Crippen LogP contribution in [0.25, 0.3) is 5.76 Å². The van der Waals surface area contributed by atoms with Gasteiger partial charge in [0.15, 0.2) is 5.78 Å². The molecule has 5 heteroatoms. The number of ether oxygens (including phenoxy) is 3. The van der Waals surface area contributed by atoms with E-state index in [1.165, 1.54) is 0 Å². The predicted octanol–water partition coefficient (Wildman–Crippen LogP) is 5.90. The fourth-order valence-corrected chi connectivity index (χ4v) is 5.65. The van der Waals surface area contributed by atoms with Gasteiger partial charge in [-0.3, -0.25) is 9.59 Å². The molecule has 5 nitrogen and oxygen atoms in total. The molecule has 0 aromatic heterocycles. The largest absolute Gasteiger partial charge is 0.497 e. The van der Waals surface area contributed by atoms with Crippen molar-refractivity contribution in [2.24, 2.45) is 17.3 Å². The Morgan fingerprint density at radius 3 is 2.38 bits per heavy atom. The van der Waals surface area contributed by atoms with Crippen molar-refractivity contribution in [3.05, 3.63) is 65.2 Å². The molecule has 2 aromatic rings. The molecule has 180 valence electrons. The van der Waals surface area contributed by atoms with E-state index in [0.29, 0.717) is 19.4 Å². The van der Waals surface area contributed by atoms with Crippen LogP contribution in [0.1, 0.15) is 61.0 Å². The molecule has 34 heavy (non-hydrogen) atoms. The fraction of sp³-hybridized carbons (Fsp3) is 0.448. The van der Waals surface area contributed by atoms with Crippen molar-refractivity contribution in [2.75, 3.05) is 20.8 Å². The first kappa shape index (κ1) is 24.1. The van der Waals surface area contributed by atoms with Gasteiger partial charge in [0, 0.05) is 28.9 Å². The highest BCUT2D eigenvalue weighted by atomic mass is 16.5. The highest BCUT2D eigenvalue weighted by Crippen LogP contribution is 2.50. The summed E-state index contributed by atoms with van der Waals surface area (Å²) in [5.41, 5.74) is 2.19. The Morgan fingerprint density at radius 2 is 1.71 bits per heavy atom. The van der Waals surface area contributed by atoms with Crippen molar-refractivity contribution in [1.29, 1.82) is 0 Å². The van der Waals surface area contributed by atoms with Gasteiger partial charge in [-0.2, -0.15) is 0 Å². The number of carbonyl (C=O) groups excluding carboxylic acids is 2. The Hall–Kier alpha value is -3.08. The summed E-state index contributed by atoms with van der Waals surface area (Å²) >= 11 is 0. The average molecular weight is 463 g/mol. The summed E-state index contributed by atoms with van der Waals surface area (Å²) in [5, 5.41) is 0. The molecule has 0 N–H and O–H groups in total. The summed E-state index contributed by atoms with van der Waals surface area (Å²) in [6.45, 7) is 4.53. The van der Waals surface area contributed by atoms with Gasteiger partial charge in [0.25, 0.3) is 0 Å². The van der Waals surface area contributed by atoms with Crippen LogP contribution in [0.5, 0.6) is 11.5 Å². The molecule has 0 spiro atoms. The molecular weight excluding hydrogens is 428 g/mol. The van der Waals surface area contributed by atoms with Gasteiger partial charge in [0.1, 0.15) is 23.0 Å². The molecule has 1 fully saturated rings. The van der Waals surface area contributed by atoms with Crippen molar-refractivity contribution < 1.29 is 23.8 Å². The van der Waals surface area contributed by atoms with Crippen molar-refractivity contribution in [2.45, 2.75) is 46.0 Å². The monoisotopic (exact) mass is 462 g/mol. The van der Waals surface area contributed by atoms with E-state index in [4.69, 9.17) is 14.2 Å². The van der Waals surface area contributed by atoms with Crippen molar-refractivity contribution in [3.8, 4) is 11.5 Å². The summed E-state index contributed by atoms with van der Waals surface area (Å²) in [4.78, 5) is 26.7. The van der Waals surface area contributed by atoms with Crippen molar-refractivity contribution >= 4 is 17.3 Å². The Kier molecular flexibility index (Phi) is 7.11. The van der Waals surface area contributed by atoms with Gasteiger partial charge in [0.2, 0.25) is 0 Å². The van der Waals surface area contributed by atoms with Crippen LogP contribution >= 0.6 is 0 Å². The summed E-state index contributed by atoms with van der Waals surface area (Å²) in [7, 11) is 3.28. The van der Waals surface area contributed by atoms with E-state index in [-0.39, 0.29) is 23.4 Å². The molecule has 0 aliphatic heterocycles. The molecule has 0 amide bonds. The van der Waals surface area contributed by atoms with Gasteiger partial charge >= 0.3 is 0 Å². The third kappa shape index (κ3) is 4.48. The molecule has 1 unspecified atom stereocenters. The average Bonchev–Trinajstić information content (AvgIpc) is 3.15. The van der Waals surface area contributed by atoms with Gasteiger partial charge < -0.3 is 14.2 Å². The molecule has 0 radical (unpaired) electrons. The first-order chi connectivity index (χ1) is 16.4. The Morgan fingerprint density at radius 1 is 1.00 bits per heavy atom. The number of fused-ring (bicyclic) bond motifs is 1. The molecule has 0 bridgehead atoms. The lowest BCUT2D eigenvalue weighted by Gasteiger charge is -2.37. The van der Waals surface area contributed by atoms with Crippen LogP contribution in [0, 0.1) is 17.3 Å². The maximum absolute atomic E-state index is 13.5. The van der Waals surface area contributed by atoms with E-state index in [1.807, 2.05) is 62.4 Å². The third-order valence-corrected chi connectivity index (χ3v) is 7.65. The number of hydrogen-bond donors (Lipinski definition) is 0. The van der Waals surface area contributed by atoms with Crippen LogP contribution in [-0.4, -0.2) is 32.4 Å². The van der Waals surface area contributed by atoms with E-state index in [1.54, 1.807) is 14.2 Å². The molecule has 0 heterocycles. The van der Waals surface area contributed by atoms with E-state index in [9.17, 15) is 9.59 Å². The van der Waals surface area contributed by atoms with Crippen LogP contribution < -0.4 is 9.47 Å². The van der Waals surface area contributed by atoms with Crippen LogP contribution in [0.15, 0.2) is 48.5 Å². The van der Waals surface area contributed by atoms with Crippen molar-refractivity contribution in [1.82, 2.24) is 0 Å². The minimum Gasteiger partial charge on any atom is -0.497 e. The first-order valence-corrected chi connectivity index (χ1v) is 12.1. The Balaban J connectivity index is 1.59. The summed E-state index contributed by atoms with van der Waals surface area (Å²) in [6.07, 6.45) is 5.48.